The smallest absolute Gasteiger partial charge is 0.338 e. The standard InChI is InChI=1S/C22H21N3O3/c1-16(2)28-22(27)18-9-11-19(12-10-18)24-21(26)13-8-17-14-23-25(15-17)20-6-4-3-5-7-20/h3-16H,1-2H3,(H,24,26)/b13-8+. The van der Waals surface area contributed by atoms with Crippen molar-refractivity contribution >= 4 is 23.6 Å². The molecule has 2 aromatic carbocycles. The number of hydrogen-bond donors (Lipinski definition) is 1. The molecule has 142 valence electrons. The first-order valence-corrected chi connectivity index (χ1v) is 8.91. The number of ether oxygens (including phenoxy) is 1. The second-order valence-corrected chi connectivity index (χ2v) is 6.41. The van der Waals surface area contributed by atoms with Gasteiger partial charge < -0.3 is 10.1 Å². The van der Waals surface area contributed by atoms with Gasteiger partial charge in [-0.1, -0.05) is 18.2 Å². The Morgan fingerprint density at radius 3 is 2.46 bits per heavy atom. The van der Waals surface area contributed by atoms with Gasteiger partial charge in [-0.3, -0.25) is 4.79 Å². The van der Waals surface area contributed by atoms with Crippen molar-refractivity contribution in [2.24, 2.45) is 0 Å². The number of nitrogens with one attached hydrogen (secondary N) is 1. The number of esters is 1. The molecule has 0 unspecified atom stereocenters. The maximum absolute atomic E-state index is 12.1. The third-order valence-corrected chi connectivity index (χ3v) is 3.78. The Hall–Kier alpha value is -3.67. The molecule has 6 heteroatoms. The molecule has 0 saturated carbocycles. The summed E-state index contributed by atoms with van der Waals surface area (Å²) in [6.45, 7) is 3.59. The van der Waals surface area contributed by atoms with E-state index in [9.17, 15) is 9.59 Å². The van der Waals surface area contributed by atoms with Crippen LogP contribution in [0, 0.1) is 0 Å². The zero-order chi connectivity index (χ0) is 19.9. The van der Waals surface area contributed by atoms with E-state index in [1.54, 1.807) is 55.1 Å². The van der Waals surface area contributed by atoms with Crippen LogP contribution in [-0.4, -0.2) is 27.8 Å². The summed E-state index contributed by atoms with van der Waals surface area (Å²) in [6.07, 6.45) is 6.48. The second-order valence-electron chi connectivity index (χ2n) is 6.41. The van der Waals surface area contributed by atoms with E-state index in [2.05, 4.69) is 10.4 Å². The Kier molecular flexibility index (Phi) is 6.01. The van der Waals surface area contributed by atoms with Gasteiger partial charge in [-0.15, -0.1) is 0 Å². The van der Waals surface area contributed by atoms with Crippen LogP contribution in [0.2, 0.25) is 0 Å². The molecule has 1 amide bonds. The third kappa shape index (κ3) is 5.17. The van der Waals surface area contributed by atoms with Crippen LogP contribution < -0.4 is 5.32 Å². The van der Waals surface area contributed by atoms with Crippen molar-refractivity contribution in [2.75, 3.05) is 5.32 Å². The highest BCUT2D eigenvalue weighted by molar-refractivity contribution is 6.02. The minimum absolute atomic E-state index is 0.178. The van der Waals surface area contributed by atoms with Crippen molar-refractivity contribution < 1.29 is 14.3 Å². The molecule has 0 atom stereocenters. The van der Waals surface area contributed by atoms with Gasteiger partial charge in [-0.25, -0.2) is 9.48 Å². The lowest BCUT2D eigenvalue weighted by molar-refractivity contribution is -0.111. The normalized spacial score (nSPS) is 11.0. The molecule has 28 heavy (non-hydrogen) atoms. The van der Waals surface area contributed by atoms with E-state index >= 15 is 0 Å². The van der Waals surface area contributed by atoms with Crippen molar-refractivity contribution in [1.82, 2.24) is 9.78 Å². The van der Waals surface area contributed by atoms with E-state index in [-0.39, 0.29) is 18.0 Å². The largest absolute Gasteiger partial charge is 0.459 e. The Bertz CT molecular complexity index is 974. The number of nitrogens with zero attached hydrogens (tertiary/aromatic N) is 2. The number of benzene rings is 2. The van der Waals surface area contributed by atoms with Gasteiger partial charge in [0.05, 0.1) is 23.6 Å². The van der Waals surface area contributed by atoms with E-state index in [1.165, 1.54) is 6.08 Å². The van der Waals surface area contributed by atoms with Gasteiger partial charge in [0, 0.05) is 23.5 Å². The van der Waals surface area contributed by atoms with Crippen LogP contribution in [0.25, 0.3) is 11.8 Å². The maximum atomic E-state index is 12.1. The maximum Gasteiger partial charge on any atom is 0.338 e. The first kappa shape index (κ1) is 19.1. The van der Waals surface area contributed by atoms with Gasteiger partial charge in [0.15, 0.2) is 0 Å². The Balaban J connectivity index is 1.58. The van der Waals surface area contributed by atoms with Crippen LogP contribution >= 0.6 is 0 Å². The molecule has 0 bridgehead atoms. The van der Waals surface area contributed by atoms with Gasteiger partial charge in [-0.05, 0) is 56.3 Å². The van der Waals surface area contributed by atoms with Crippen LogP contribution in [-0.2, 0) is 9.53 Å². The molecule has 1 N–H and O–H groups in total. The highest BCUT2D eigenvalue weighted by atomic mass is 16.5. The molecular formula is C22H21N3O3. The minimum atomic E-state index is -0.386. The number of hydrogen-bond acceptors (Lipinski definition) is 4. The van der Waals surface area contributed by atoms with Gasteiger partial charge in [0.1, 0.15) is 0 Å². The predicted octanol–water partition coefficient (Wildman–Crippen LogP) is 4.09. The van der Waals surface area contributed by atoms with E-state index in [1.807, 2.05) is 36.5 Å². The highest BCUT2D eigenvalue weighted by Gasteiger charge is 2.09. The molecule has 0 saturated heterocycles. The SMILES string of the molecule is CC(C)OC(=O)c1ccc(NC(=O)/C=C/c2cnn(-c3ccccc3)c2)cc1. The lowest BCUT2D eigenvalue weighted by Gasteiger charge is -2.08. The van der Waals surface area contributed by atoms with Crippen molar-refractivity contribution in [3.8, 4) is 5.69 Å². The monoisotopic (exact) mass is 375 g/mol. The summed E-state index contributed by atoms with van der Waals surface area (Å²) in [6, 6.07) is 16.3. The van der Waals surface area contributed by atoms with Crippen LogP contribution in [0.15, 0.2) is 73.1 Å². The highest BCUT2D eigenvalue weighted by Crippen LogP contribution is 2.12. The molecule has 3 aromatic rings. The zero-order valence-corrected chi connectivity index (χ0v) is 15.7. The average molecular weight is 375 g/mol. The Labute approximate surface area is 163 Å². The van der Waals surface area contributed by atoms with Crippen molar-refractivity contribution in [2.45, 2.75) is 20.0 Å². The number of anilines is 1. The number of carbonyl (C=O) groups excluding carboxylic acids is 2. The van der Waals surface area contributed by atoms with Gasteiger partial charge >= 0.3 is 5.97 Å². The predicted molar refractivity (Wildman–Crippen MR) is 108 cm³/mol. The summed E-state index contributed by atoms with van der Waals surface area (Å²) in [5, 5.41) is 7.04. The fourth-order valence-corrected chi connectivity index (χ4v) is 2.47. The summed E-state index contributed by atoms with van der Waals surface area (Å²) >= 11 is 0. The summed E-state index contributed by atoms with van der Waals surface area (Å²) in [7, 11) is 0. The second kappa shape index (κ2) is 8.81. The first-order chi connectivity index (χ1) is 13.5. The Morgan fingerprint density at radius 2 is 1.79 bits per heavy atom. The van der Waals surface area contributed by atoms with Crippen LogP contribution in [0.1, 0.15) is 29.8 Å². The molecular weight excluding hydrogens is 354 g/mol. The van der Waals surface area contributed by atoms with E-state index in [4.69, 9.17) is 4.74 Å². The zero-order valence-electron chi connectivity index (χ0n) is 15.7. The van der Waals surface area contributed by atoms with Crippen LogP contribution in [0.5, 0.6) is 0 Å². The molecule has 1 aromatic heterocycles. The number of amides is 1. The van der Waals surface area contributed by atoms with Gasteiger partial charge in [0.2, 0.25) is 5.91 Å². The van der Waals surface area contributed by atoms with Crippen molar-refractivity contribution in [1.29, 1.82) is 0 Å². The first-order valence-electron chi connectivity index (χ1n) is 8.91. The van der Waals surface area contributed by atoms with Gasteiger partial charge in [-0.2, -0.15) is 5.10 Å². The van der Waals surface area contributed by atoms with Crippen LogP contribution in [0.4, 0.5) is 5.69 Å². The molecule has 0 spiro atoms. The van der Waals surface area contributed by atoms with Gasteiger partial charge in [0.25, 0.3) is 0 Å². The lowest BCUT2D eigenvalue weighted by Crippen LogP contribution is -2.12. The molecule has 0 aliphatic carbocycles. The molecule has 0 aliphatic rings. The number of carbonyl (C=O) groups is 2. The molecule has 3 rings (SSSR count). The molecule has 0 radical (unpaired) electrons. The number of rotatable bonds is 6. The van der Waals surface area contributed by atoms with E-state index in [0.717, 1.165) is 11.3 Å². The average Bonchev–Trinajstić information content (AvgIpc) is 3.16. The molecule has 0 fully saturated rings. The summed E-state index contributed by atoms with van der Waals surface area (Å²) in [5.74, 6) is -0.659. The van der Waals surface area contributed by atoms with E-state index < -0.39 is 0 Å². The molecule has 1 heterocycles. The Morgan fingerprint density at radius 1 is 1.07 bits per heavy atom. The summed E-state index contributed by atoms with van der Waals surface area (Å²) < 4.78 is 6.88. The minimum Gasteiger partial charge on any atom is -0.459 e. The quantitative estimate of drug-likeness (QED) is 0.520. The topological polar surface area (TPSA) is 73.2 Å². The van der Waals surface area contributed by atoms with E-state index in [0.29, 0.717) is 11.3 Å². The third-order valence-electron chi connectivity index (χ3n) is 3.78. The lowest BCUT2D eigenvalue weighted by atomic mass is 10.2. The summed E-state index contributed by atoms with van der Waals surface area (Å²) in [4.78, 5) is 23.9. The molecule has 0 aliphatic heterocycles. The van der Waals surface area contributed by atoms with Crippen LogP contribution in [0.3, 0.4) is 0 Å². The van der Waals surface area contributed by atoms with Crippen molar-refractivity contribution in [3.63, 3.8) is 0 Å². The molecule has 6 nitrogen and oxygen atoms in total. The fourth-order valence-electron chi connectivity index (χ4n) is 2.47. The summed E-state index contributed by atoms with van der Waals surface area (Å²) in [5.41, 5.74) is 2.79. The number of para-hydroxylation sites is 1. The fraction of sp³-hybridized carbons (Fsp3) is 0.136. The van der Waals surface area contributed by atoms with Crippen molar-refractivity contribution in [3.05, 3.63) is 84.2 Å². The number of aromatic nitrogens is 2.